The van der Waals surface area contributed by atoms with Crippen molar-refractivity contribution in [2.75, 3.05) is 0 Å². The summed E-state index contributed by atoms with van der Waals surface area (Å²) in [5, 5.41) is 28.8. The number of aryl methyl sites for hydroxylation is 2. The monoisotopic (exact) mass is 433 g/mol. The lowest BCUT2D eigenvalue weighted by molar-refractivity contribution is 0.426. The van der Waals surface area contributed by atoms with Crippen molar-refractivity contribution in [1.82, 2.24) is 19.7 Å². The van der Waals surface area contributed by atoms with Gasteiger partial charge in [0.05, 0.1) is 18.3 Å². The van der Waals surface area contributed by atoms with Crippen LogP contribution in [-0.4, -0.2) is 42.6 Å². The quantitative estimate of drug-likeness (QED) is 0.477. The molecule has 0 spiro atoms. The highest BCUT2D eigenvalue weighted by Gasteiger charge is 2.32. The van der Waals surface area contributed by atoms with Crippen molar-refractivity contribution in [2.24, 2.45) is 4.99 Å². The highest BCUT2D eigenvalue weighted by Crippen LogP contribution is 2.39. The van der Waals surface area contributed by atoms with Gasteiger partial charge in [0.25, 0.3) is 0 Å². The van der Waals surface area contributed by atoms with Gasteiger partial charge in [-0.05, 0) is 31.8 Å². The minimum atomic E-state index is -1.51. The fourth-order valence-corrected chi connectivity index (χ4v) is 5.07. The minimum Gasteiger partial charge on any atom is -0.449 e. The molecule has 4 aromatic rings. The molecule has 1 aliphatic heterocycles. The molecule has 0 aliphatic carbocycles. The Balaban J connectivity index is 1.74. The van der Waals surface area contributed by atoms with Crippen molar-refractivity contribution in [3.05, 3.63) is 75.8 Å². The lowest BCUT2D eigenvalue weighted by Crippen LogP contribution is -2.29. The number of aromatic nitrogens is 4. The first-order valence-electron chi connectivity index (χ1n) is 9.89. The van der Waals surface area contributed by atoms with E-state index < -0.39 is 7.12 Å². The molecule has 2 N–H and O–H groups in total. The molecule has 0 saturated heterocycles. The molecule has 31 heavy (non-hydrogen) atoms. The number of hydrogen-bond acceptors (Lipinski definition) is 8. The van der Waals surface area contributed by atoms with Crippen LogP contribution in [0.25, 0.3) is 5.00 Å². The van der Waals surface area contributed by atoms with E-state index in [1.165, 1.54) is 4.88 Å². The van der Waals surface area contributed by atoms with Gasteiger partial charge < -0.3 is 14.5 Å². The van der Waals surface area contributed by atoms with E-state index in [-0.39, 0.29) is 6.04 Å². The van der Waals surface area contributed by atoms with Gasteiger partial charge in [-0.15, -0.1) is 21.5 Å². The summed E-state index contributed by atoms with van der Waals surface area (Å²) in [4.78, 5) is 10.6. The molecule has 0 radical (unpaired) electrons. The van der Waals surface area contributed by atoms with Crippen LogP contribution in [0.4, 0.5) is 0 Å². The number of rotatable bonds is 4. The van der Waals surface area contributed by atoms with Crippen molar-refractivity contribution in [1.29, 1.82) is 0 Å². The lowest BCUT2D eigenvalue weighted by atomic mass is 9.79. The fourth-order valence-electron chi connectivity index (χ4n) is 3.86. The van der Waals surface area contributed by atoms with Crippen molar-refractivity contribution < 1.29 is 14.5 Å². The van der Waals surface area contributed by atoms with Crippen LogP contribution < -0.4 is 5.46 Å². The Hall–Kier alpha value is -3.08. The maximum Gasteiger partial charge on any atom is 0.488 e. The summed E-state index contributed by atoms with van der Waals surface area (Å²) < 4.78 is 7.57. The van der Waals surface area contributed by atoms with Crippen LogP contribution in [0.2, 0.25) is 0 Å². The van der Waals surface area contributed by atoms with Gasteiger partial charge in [-0.25, -0.2) is 4.98 Å². The van der Waals surface area contributed by atoms with Crippen LogP contribution in [0.1, 0.15) is 45.1 Å². The molecule has 156 valence electrons. The molecule has 0 amide bonds. The normalized spacial score (nSPS) is 15.3. The Morgan fingerprint density at radius 2 is 1.90 bits per heavy atom. The number of hydrogen-bond donors (Lipinski definition) is 2. The molecule has 4 heterocycles. The molecule has 10 heteroatoms. The highest BCUT2D eigenvalue weighted by molar-refractivity contribution is 7.15. The first-order chi connectivity index (χ1) is 14.9. The average molecular weight is 433 g/mol. The first kappa shape index (κ1) is 19.9. The van der Waals surface area contributed by atoms with E-state index in [9.17, 15) is 10.0 Å². The third-order valence-electron chi connectivity index (χ3n) is 5.57. The van der Waals surface area contributed by atoms with Crippen LogP contribution in [0.5, 0.6) is 0 Å². The summed E-state index contributed by atoms with van der Waals surface area (Å²) in [5.41, 5.74) is 4.35. The molecular weight excluding hydrogens is 413 g/mol. The number of oxazole rings is 1. The second kappa shape index (κ2) is 7.56. The zero-order valence-corrected chi connectivity index (χ0v) is 18.1. The van der Waals surface area contributed by atoms with E-state index in [2.05, 4.69) is 33.6 Å². The molecule has 0 bridgehead atoms. The fraction of sp³-hybridized carbons (Fsp3) is 0.238. The van der Waals surface area contributed by atoms with Gasteiger partial charge in [-0.1, -0.05) is 24.3 Å². The predicted octanol–water partition coefficient (Wildman–Crippen LogP) is 2.06. The van der Waals surface area contributed by atoms with Crippen LogP contribution in [0, 0.1) is 20.8 Å². The molecule has 1 aromatic carbocycles. The summed E-state index contributed by atoms with van der Waals surface area (Å²) >= 11 is 1.69. The van der Waals surface area contributed by atoms with E-state index in [0.29, 0.717) is 17.8 Å². The number of nitrogens with zero attached hydrogens (tertiary/aromatic N) is 5. The number of benzene rings is 1. The van der Waals surface area contributed by atoms with Gasteiger partial charge in [-0.2, -0.15) is 0 Å². The number of thiophene rings is 1. The number of aliphatic imine (C=N–C) groups is 1. The topological polar surface area (TPSA) is 110 Å². The van der Waals surface area contributed by atoms with E-state index >= 15 is 0 Å². The van der Waals surface area contributed by atoms with Crippen LogP contribution in [0.15, 0.2) is 46.1 Å². The van der Waals surface area contributed by atoms with E-state index in [1.807, 2.05) is 19.1 Å². The summed E-state index contributed by atoms with van der Waals surface area (Å²) in [6, 6.07) is 6.81. The van der Waals surface area contributed by atoms with Crippen molar-refractivity contribution >= 4 is 29.6 Å². The van der Waals surface area contributed by atoms with Gasteiger partial charge in [0.15, 0.2) is 11.7 Å². The summed E-state index contributed by atoms with van der Waals surface area (Å²) in [7, 11) is -1.51. The smallest absolute Gasteiger partial charge is 0.449 e. The molecule has 0 unspecified atom stereocenters. The number of fused-ring (bicyclic) bond motifs is 3. The van der Waals surface area contributed by atoms with Crippen molar-refractivity contribution in [3.63, 3.8) is 0 Å². The second-order valence-electron chi connectivity index (χ2n) is 7.52. The maximum atomic E-state index is 9.47. The van der Waals surface area contributed by atoms with Gasteiger partial charge in [0.1, 0.15) is 23.1 Å². The zero-order chi connectivity index (χ0) is 21.7. The van der Waals surface area contributed by atoms with E-state index in [1.54, 1.807) is 35.9 Å². The average Bonchev–Trinajstić information content (AvgIpc) is 3.44. The molecule has 5 rings (SSSR count). The second-order valence-corrected chi connectivity index (χ2v) is 8.73. The van der Waals surface area contributed by atoms with Gasteiger partial charge >= 0.3 is 7.12 Å². The van der Waals surface area contributed by atoms with Crippen LogP contribution in [0.3, 0.4) is 0 Å². The summed E-state index contributed by atoms with van der Waals surface area (Å²) in [6.07, 6.45) is 3.63. The SMILES string of the molecule is Cc1sc2c(c1C)C(c1ccc(B(O)O)cc1)=N[C@@H](Cc1ncco1)c1nnc(C)n1-2. The molecule has 0 saturated carbocycles. The zero-order valence-electron chi connectivity index (χ0n) is 17.3. The molecule has 8 nitrogen and oxygen atoms in total. The Morgan fingerprint density at radius 3 is 2.58 bits per heavy atom. The predicted molar refractivity (Wildman–Crippen MR) is 118 cm³/mol. The van der Waals surface area contributed by atoms with Gasteiger partial charge in [0.2, 0.25) is 0 Å². The van der Waals surface area contributed by atoms with Crippen LogP contribution in [-0.2, 0) is 6.42 Å². The van der Waals surface area contributed by atoms with E-state index in [0.717, 1.165) is 39.1 Å². The third-order valence-corrected chi connectivity index (χ3v) is 6.77. The molecule has 1 aliphatic rings. The standard InChI is InChI=1S/C21H20BN5O3S/c1-11-12(2)31-21-18(11)19(14-4-6-15(7-5-14)22(28)29)24-16(10-17-23-8-9-30-17)20-26-25-13(3)27(20)21/h4-9,16,28-29H,10H2,1-3H3/t16-/m0/s1. The Morgan fingerprint density at radius 1 is 1.13 bits per heavy atom. The maximum absolute atomic E-state index is 9.47. The first-order valence-corrected chi connectivity index (χ1v) is 10.7. The summed E-state index contributed by atoms with van der Waals surface area (Å²) in [5.74, 6) is 2.12. The van der Waals surface area contributed by atoms with Crippen molar-refractivity contribution in [3.8, 4) is 5.00 Å². The van der Waals surface area contributed by atoms with Gasteiger partial charge in [0, 0.05) is 16.0 Å². The summed E-state index contributed by atoms with van der Waals surface area (Å²) in [6.45, 7) is 6.14. The Labute approximate surface area is 183 Å². The molecular formula is C21H20BN5O3S. The van der Waals surface area contributed by atoms with Gasteiger partial charge in [-0.3, -0.25) is 9.56 Å². The third kappa shape index (κ3) is 3.33. The largest absolute Gasteiger partial charge is 0.488 e. The van der Waals surface area contributed by atoms with Crippen LogP contribution >= 0.6 is 11.3 Å². The minimum absolute atomic E-state index is 0.336. The Bertz CT molecular complexity index is 1280. The Kier molecular flexibility index (Phi) is 4.84. The molecule has 1 atom stereocenters. The lowest BCUT2D eigenvalue weighted by Gasteiger charge is -2.11. The molecule has 3 aromatic heterocycles. The highest BCUT2D eigenvalue weighted by atomic mass is 32.1. The molecule has 0 fully saturated rings. The van der Waals surface area contributed by atoms with Crippen molar-refractivity contribution in [2.45, 2.75) is 33.2 Å². The van der Waals surface area contributed by atoms with E-state index in [4.69, 9.17) is 9.41 Å².